The largest absolute Gasteiger partial charge is 0.375 e. The van der Waals surface area contributed by atoms with Gasteiger partial charge in [0, 0.05) is 65.7 Å². The van der Waals surface area contributed by atoms with Crippen LogP contribution in [0.25, 0.3) is 33.3 Å². The minimum atomic E-state index is -1.31. The number of aromatic nitrogens is 1. The summed E-state index contributed by atoms with van der Waals surface area (Å²) in [6, 6.07) is 59.3. The van der Waals surface area contributed by atoms with Crippen molar-refractivity contribution in [3.8, 4) is 22.4 Å². The second kappa shape index (κ2) is 10.4. The topological polar surface area (TPSA) is 11.4 Å². The van der Waals surface area contributed by atoms with E-state index in [0.717, 1.165) is 17.1 Å². The Balaban J connectivity index is 1.27. The molecule has 0 saturated heterocycles. The van der Waals surface area contributed by atoms with E-state index in [1.54, 1.807) is 0 Å². The van der Waals surface area contributed by atoms with Gasteiger partial charge in [0.2, 0.25) is 0 Å². The molecule has 0 bridgehead atoms. The molecule has 0 N–H and O–H groups in total. The average Bonchev–Trinajstić information content (AvgIpc) is 3.67. The van der Waals surface area contributed by atoms with Gasteiger partial charge in [-0.25, -0.2) is 0 Å². The number of para-hydroxylation sites is 5. The molecule has 3 aliphatic heterocycles. The van der Waals surface area contributed by atoms with Crippen molar-refractivity contribution in [1.82, 2.24) is 4.48 Å². The van der Waals surface area contributed by atoms with Gasteiger partial charge in [0.05, 0.1) is 11.4 Å². The molecular formula is C49H38BN3S. The van der Waals surface area contributed by atoms with Crippen LogP contribution < -0.4 is 20.7 Å². The number of hydrogen-bond donors (Lipinski definition) is 0. The van der Waals surface area contributed by atoms with Crippen molar-refractivity contribution < 1.29 is 0 Å². The summed E-state index contributed by atoms with van der Waals surface area (Å²) >= 11 is 0. The molecule has 54 heavy (non-hydrogen) atoms. The Kier molecular flexibility index (Phi) is 5.88. The molecule has 4 heterocycles. The Morgan fingerprint density at radius 3 is 2.00 bits per heavy atom. The Morgan fingerprint density at radius 2 is 1.22 bits per heavy atom. The first-order valence-electron chi connectivity index (χ1n) is 19.0. The lowest BCUT2D eigenvalue weighted by atomic mass is 9.45. The van der Waals surface area contributed by atoms with Crippen molar-refractivity contribution in [1.29, 1.82) is 0 Å². The highest BCUT2D eigenvalue weighted by molar-refractivity contribution is 8.33. The molecule has 4 aliphatic rings. The van der Waals surface area contributed by atoms with Crippen LogP contribution in [0.2, 0.25) is 0 Å². The molecule has 1 aromatic heterocycles. The first-order valence-corrected chi connectivity index (χ1v) is 21.4. The summed E-state index contributed by atoms with van der Waals surface area (Å²) in [5.41, 5.74) is 19.6. The van der Waals surface area contributed by atoms with Crippen molar-refractivity contribution in [3.63, 3.8) is 0 Å². The van der Waals surface area contributed by atoms with E-state index in [2.05, 4.69) is 198 Å². The normalized spacial score (nSPS) is 16.2. The molecule has 3 nitrogen and oxygen atoms in total. The average molecular weight is 712 g/mol. The highest BCUT2D eigenvalue weighted by atomic mass is 32.3. The lowest BCUT2D eigenvalue weighted by Gasteiger charge is -2.50. The second-order valence-corrected chi connectivity index (χ2v) is 19.7. The van der Waals surface area contributed by atoms with Crippen molar-refractivity contribution in [2.24, 2.45) is 0 Å². The van der Waals surface area contributed by atoms with Crippen LogP contribution in [0.3, 0.4) is 0 Å². The fraction of sp³-hybridized carbons (Fsp3) is 0.102. The van der Waals surface area contributed by atoms with Gasteiger partial charge in [-0.3, -0.25) is 0 Å². The van der Waals surface area contributed by atoms with Gasteiger partial charge in [-0.15, -0.1) is 0 Å². The predicted molar refractivity (Wildman–Crippen MR) is 231 cm³/mol. The lowest BCUT2D eigenvalue weighted by Crippen LogP contribution is -2.57. The smallest absolute Gasteiger partial charge is 0.333 e. The first-order chi connectivity index (χ1) is 26.4. The van der Waals surface area contributed by atoms with Gasteiger partial charge in [-0.2, -0.15) is 10.0 Å². The van der Waals surface area contributed by atoms with E-state index in [1.807, 2.05) is 0 Å². The molecule has 0 unspecified atom stereocenters. The first kappa shape index (κ1) is 30.5. The molecule has 7 aromatic carbocycles. The summed E-state index contributed by atoms with van der Waals surface area (Å²) in [5.74, 6) is 0. The van der Waals surface area contributed by atoms with E-state index >= 15 is 0 Å². The van der Waals surface area contributed by atoms with Gasteiger partial charge >= 0.3 is 6.85 Å². The maximum Gasteiger partial charge on any atom is 0.333 e. The van der Waals surface area contributed by atoms with E-state index < -0.39 is 10.0 Å². The summed E-state index contributed by atoms with van der Waals surface area (Å²) in [7, 11) is -1.31. The van der Waals surface area contributed by atoms with Crippen LogP contribution in [0.1, 0.15) is 25.0 Å². The third kappa shape index (κ3) is 3.66. The van der Waals surface area contributed by atoms with Crippen LogP contribution in [0, 0.1) is 0 Å². The molecule has 0 saturated carbocycles. The van der Waals surface area contributed by atoms with Gasteiger partial charge in [-0.1, -0.05) is 117 Å². The maximum atomic E-state index is 2.76. The van der Waals surface area contributed by atoms with Crippen LogP contribution in [0.5, 0.6) is 0 Å². The van der Waals surface area contributed by atoms with Crippen molar-refractivity contribution in [3.05, 3.63) is 169 Å². The molecule has 5 heteroatoms. The molecule has 12 rings (SSSR count). The van der Waals surface area contributed by atoms with E-state index in [9.17, 15) is 0 Å². The Hall–Kier alpha value is -5.91. The van der Waals surface area contributed by atoms with Crippen molar-refractivity contribution in [2.75, 3.05) is 22.3 Å². The van der Waals surface area contributed by atoms with Gasteiger partial charge in [0.15, 0.2) is 0 Å². The minimum absolute atomic E-state index is 0.0146. The number of anilines is 6. The van der Waals surface area contributed by atoms with Gasteiger partial charge in [0.1, 0.15) is 0 Å². The quantitative estimate of drug-likeness (QED) is 0.169. The molecule has 8 aromatic rings. The summed E-state index contributed by atoms with van der Waals surface area (Å²) in [4.78, 5) is 7.97. The zero-order valence-corrected chi connectivity index (χ0v) is 31.7. The zero-order chi connectivity index (χ0) is 36.1. The molecule has 258 valence electrons. The maximum absolute atomic E-state index is 2.76. The molecule has 0 spiro atoms. The second-order valence-electron chi connectivity index (χ2n) is 16.1. The zero-order valence-electron chi connectivity index (χ0n) is 30.8. The number of fused-ring (bicyclic) bond motifs is 11. The third-order valence-corrected chi connectivity index (χ3v) is 15.6. The van der Waals surface area contributed by atoms with E-state index in [-0.39, 0.29) is 12.3 Å². The van der Waals surface area contributed by atoms with E-state index in [4.69, 9.17) is 0 Å². The number of nitrogens with zero attached hydrogens (tertiary/aromatic N) is 3. The summed E-state index contributed by atoms with van der Waals surface area (Å²) in [6.07, 6.45) is 4.98. The van der Waals surface area contributed by atoms with Crippen molar-refractivity contribution in [2.45, 2.75) is 29.1 Å². The van der Waals surface area contributed by atoms with Crippen molar-refractivity contribution >= 4 is 72.8 Å². The summed E-state index contributed by atoms with van der Waals surface area (Å²) < 4.78 is 2.76. The van der Waals surface area contributed by atoms with Gasteiger partial charge in [-0.05, 0) is 94.7 Å². The molecular weight excluding hydrogens is 673 g/mol. The molecule has 0 amide bonds. The lowest BCUT2D eigenvalue weighted by molar-refractivity contribution is 0.666. The SMILES string of the molecule is CC1(C)c2ccccc2-c2c1c1cccc3c1n2B1c2cccc4c2N(c2ccccc2S4(C)C)c2cc(N(c4ccccc4)c4ccccc4)cc-3c21. The third-order valence-electron chi connectivity index (χ3n) is 12.8. The monoisotopic (exact) mass is 711 g/mol. The summed E-state index contributed by atoms with van der Waals surface area (Å²) in [6.45, 7) is 4.87. The van der Waals surface area contributed by atoms with Crippen LogP contribution in [-0.4, -0.2) is 23.8 Å². The molecule has 1 aliphatic carbocycles. The van der Waals surface area contributed by atoms with Gasteiger partial charge in [0.25, 0.3) is 0 Å². The molecule has 0 radical (unpaired) electrons. The number of hydrogen-bond acceptors (Lipinski definition) is 2. The Labute approximate surface area is 318 Å². The highest BCUT2D eigenvalue weighted by Crippen LogP contribution is 2.68. The fourth-order valence-corrected chi connectivity index (χ4v) is 13.0. The minimum Gasteiger partial charge on any atom is -0.375 e. The summed E-state index contributed by atoms with van der Waals surface area (Å²) in [5, 5.41) is 1.37. The van der Waals surface area contributed by atoms with Crippen LogP contribution >= 0.6 is 10.0 Å². The number of benzene rings is 7. The Bertz CT molecular complexity index is 2870. The standard InChI is InChI=1S/C49H38BN3S/c1-49(2)38-24-12-11-21-35(38)47-44(49)36-23-15-22-34-37-29-33(51(31-17-7-5-8-18-31)32-19-9-6-10-20-32)30-41-45(37)50(53(47)46(34)36)39-25-16-28-43-48(39)52(41)40-26-13-14-27-42(40)54(43,3)4/h5-30H,1-4H3. The molecule has 0 fully saturated rings. The van der Waals surface area contributed by atoms with Crippen LogP contribution in [-0.2, 0) is 5.41 Å². The number of rotatable bonds is 3. The molecule has 0 atom stereocenters. The van der Waals surface area contributed by atoms with Gasteiger partial charge < -0.3 is 14.3 Å². The predicted octanol–water partition coefficient (Wildman–Crippen LogP) is 11.6. The van der Waals surface area contributed by atoms with Crippen LogP contribution in [0.4, 0.5) is 34.1 Å². The van der Waals surface area contributed by atoms with Crippen LogP contribution in [0.15, 0.2) is 168 Å². The Morgan fingerprint density at radius 1 is 0.574 bits per heavy atom. The fourth-order valence-electron chi connectivity index (χ4n) is 10.6. The highest BCUT2D eigenvalue weighted by Gasteiger charge is 2.50. The van der Waals surface area contributed by atoms with E-state index in [0.29, 0.717) is 0 Å². The van der Waals surface area contributed by atoms with E-state index in [1.165, 1.54) is 82.2 Å².